The highest BCUT2D eigenvalue weighted by Gasteiger charge is 2.20. The first-order valence-corrected chi connectivity index (χ1v) is 10.6. The van der Waals surface area contributed by atoms with E-state index in [1.807, 2.05) is 18.2 Å². The first-order valence-electron chi connectivity index (χ1n) is 10.2. The average Bonchev–Trinajstić information content (AvgIpc) is 3.22. The van der Waals surface area contributed by atoms with Crippen molar-refractivity contribution in [3.8, 4) is 5.75 Å². The molecule has 3 aromatic carbocycles. The molecule has 0 radical (unpaired) electrons. The average molecular weight is 437 g/mol. The molecular weight excluding hydrogens is 415 g/mol. The van der Waals surface area contributed by atoms with Gasteiger partial charge in [-0.05, 0) is 84.8 Å². The first-order chi connectivity index (χ1) is 15.0. The Hall–Kier alpha value is -3.11. The van der Waals surface area contributed by atoms with E-state index in [1.165, 1.54) is 23.3 Å². The van der Waals surface area contributed by atoms with Crippen molar-refractivity contribution in [2.45, 2.75) is 32.3 Å². The molecule has 0 heterocycles. The van der Waals surface area contributed by atoms with Gasteiger partial charge in [0.2, 0.25) is 0 Å². The van der Waals surface area contributed by atoms with Crippen molar-refractivity contribution in [2.24, 2.45) is 0 Å². The predicted octanol–water partition coefficient (Wildman–Crippen LogP) is 6.94. The second-order valence-corrected chi connectivity index (χ2v) is 8.11. The molecule has 0 spiro atoms. The van der Waals surface area contributed by atoms with Crippen molar-refractivity contribution in [3.05, 3.63) is 105 Å². The molecule has 3 nitrogen and oxygen atoms in total. The zero-order chi connectivity index (χ0) is 21.8. The van der Waals surface area contributed by atoms with E-state index in [9.17, 15) is 14.3 Å². The van der Waals surface area contributed by atoms with Gasteiger partial charge in [-0.25, -0.2) is 9.18 Å². The van der Waals surface area contributed by atoms with E-state index in [0.29, 0.717) is 23.6 Å². The van der Waals surface area contributed by atoms with Crippen LogP contribution in [0, 0.1) is 5.82 Å². The van der Waals surface area contributed by atoms with Crippen molar-refractivity contribution >= 4 is 23.1 Å². The van der Waals surface area contributed by atoms with E-state index in [4.69, 9.17) is 16.3 Å². The maximum absolute atomic E-state index is 13.2. The van der Waals surface area contributed by atoms with Gasteiger partial charge in [-0.3, -0.25) is 0 Å². The Bertz CT molecular complexity index is 1140. The molecule has 0 saturated carbocycles. The van der Waals surface area contributed by atoms with Crippen LogP contribution in [0.4, 0.5) is 4.39 Å². The molecule has 0 aromatic heterocycles. The third kappa shape index (κ3) is 5.15. The van der Waals surface area contributed by atoms with E-state index in [-0.39, 0.29) is 5.82 Å². The summed E-state index contributed by atoms with van der Waals surface area (Å²) < 4.78 is 19.2. The lowest BCUT2D eigenvalue weighted by molar-refractivity contribution is 0.0696. The molecule has 4 rings (SSSR count). The summed E-state index contributed by atoms with van der Waals surface area (Å²) in [5.74, 6) is -0.458. The summed E-state index contributed by atoms with van der Waals surface area (Å²) in [6.07, 6.45) is 3.60. The van der Waals surface area contributed by atoms with Crippen molar-refractivity contribution in [3.63, 3.8) is 0 Å². The lowest BCUT2D eigenvalue weighted by Crippen LogP contribution is -2.00. The second kappa shape index (κ2) is 9.36. The summed E-state index contributed by atoms with van der Waals surface area (Å²) in [7, 11) is 0. The number of hydrogen-bond donors (Lipinski definition) is 1. The normalized spacial score (nSPS) is 13.5. The van der Waals surface area contributed by atoms with Crippen LogP contribution in [-0.2, 0) is 13.0 Å². The van der Waals surface area contributed by atoms with Crippen molar-refractivity contribution in [2.75, 3.05) is 0 Å². The van der Waals surface area contributed by atoms with E-state index in [2.05, 4.69) is 0 Å². The van der Waals surface area contributed by atoms with Crippen molar-refractivity contribution < 1.29 is 19.0 Å². The number of benzene rings is 3. The van der Waals surface area contributed by atoms with Crippen molar-refractivity contribution in [1.29, 1.82) is 0 Å². The van der Waals surface area contributed by atoms with Crippen LogP contribution in [0.15, 0.2) is 72.3 Å². The molecule has 31 heavy (non-hydrogen) atoms. The van der Waals surface area contributed by atoms with Crippen LogP contribution in [0.3, 0.4) is 0 Å². The highest BCUT2D eigenvalue weighted by molar-refractivity contribution is 6.30. The van der Waals surface area contributed by atoms with Gasteiger partial charge in [-0.2, -0.15) is 0 Å². The Morgan fingerprint density at radius 2 is 1.81 bits per heavy atom. The Balaban J connectivity index is 1.62. The third-order valence-corrected chi connectivity index (χ3v) is 5.73. The number of hydrogen-bond acceptors (Lipinski definition) is 2. The maximum atomic E-state index is 13.2. The van der Waals surface area contributed by atoms with Crippen LogP contribution in [0.2, 0.25) is 5.02 Å². The highest BCUT2D eigenvalue weighted by atomic mass is 35.5. The molecule has 0 unspecified atom stereocenters. The zero-order valence-electron chi connectivity index (χ0n) is 16.9. The van der Waals surface area contributed by atoms with E-state index >= 15 is 0 Å². The van der Waals surface area contributed by atoms with Gasteiger partial charge in [-0.1, -0.05) is 41.4 Å². The van der Waals surface area contributed by atoms with Gasteiger partial charge in [0.25, 0.3) is 0 Å². The molecular formula is C26H22ClFO3. The quantitative estimate of drug-likeness (QED) is 0.436. The van der Waals surface area contributed by atoms with Crippen LogP contribution in [0.1, 0.15) is 46.3 Å². The largest absolute Gasteiger partial charge is 0.488 e. The van der Waals surface area contributed by atoms with Crippen molar-refractivity contribution in [1.82, 2.24) is 0 Å². The Kier molecular flexibility index (Phi) is 6.38. The molecule has 0 bridgehead atoms. The fraction of sp³-hybridized carbons (Fsp3) is 0.192. The number of carbonyl (C=O) groups is 1. The van der Waals surface area contributed by atoms with Gasteiger partial charge >= 0.3 is 5.97 Å². The van der Waals surface area contributed by atoms with E-state index in [0.717, 1.165) is 41.7 Å². The monoisotopic (exact) mass is 436 g/mol. The van der Waals surface area contributed by atoms with Gasteiger partial charge in [0, 0.05) is 10.6 Å². The van der Waals surface area contributed by atoms with Gasteiger partial charge in [-0.15, -0.1) is 0 Å². The highest BCUT2D eigenvalue weighted by Crippen LogP contribution is 2.41. The van der Waals surface area contributed by atoms with E-state index < -0.39 is 5.97 Å². The second-order valence-electron chi connectivity index (χ2n) is 7.67. The SMILES string of the molecule is O=C(O)c1cccc(CC2=C(c3cc(Cl)ccc3OCc3ccc(F)cc3)CCC2)c1. The number of aromatic carboxylic acids is 1. The molecule has 158 valence electrons. The minimum atomic E-state index is -0.922. The number of halogens is 2. The number of allylic oxidation sites excluding steroid dienone is 2. The number of rotatable bonds is 7. The van der Waals surface area contributed by atoms with Crippen LogP contribution < -0.4 is 4.74 Å². The minimum absolute atomic E-state index is 0.274. The fourth-order valence-corrected chi connectivity index (χ4v) is 4.16. The Morgan fingerprint density at radius 1 is 1.00 bits per heavy atom. The molecule has 0 atom stereocenters. The number of ether oxygens (including phenoxy) is 1. The molecule has 3 aromatic rings. The van der Waals surface area contributed by atoms with Gasteiger partial charge in [0.15, 0.2) is 0 Å². The molecule has 1 aliphatic rings. The summed E-state index contributed by atoms with van der Waals surface area (Å²) in [5.41, 5.74) is 5.60. The zero-order valence-corrected chi connectivity index (χ0v) is 17.7. The van der Waals surface area contributed by atoms with Gasteiger partial charge in [0.05, 0.1) is 5.56 Å². The third-order valence-electron chi connectivity index (χ3n) is 5.50. The molecule has 0 saturated heterocycles. The smallest absolute Gasteiger partial charge is 0.335 e. The molecule has 0 fully saturated rings. The number of carboxylic acid groups (broad SMARTS) is 1. The van der Waals surface area contributed by atoms with Crippen LogP contribution in [0.25, 0.3) is 5.57 Å². The lowest BCUT2D eigenvalue weighted by Gasteiger charge is -2.15. The summed E-state index contributed by atoms with van der Waals surface area (Å²) in [6, 6.07) is 18.9. The summed E-state index contributed by atoms with van der Waals surface area (Å²) >= 11 is 6.31. The Morgan fingerprint density at radius 3 is 2.58 bits per heavy atom. The predicted molar refractivity (Wildman–Crippen MR) is 120 cm³/mol. The molecule has 1 N–H and O–H groups in total. The standard InChI is InChI=1S/C26H22ClFO3/c27-21-9-12-25(31-16-17-7-10-22(28)11-8-17)24(15-21)23-6-2-4-19(23)13-18-3-1-5-20(14-18)26(29)30/h1,3,5,7-12,14-15H,2,4,6,13,16H2,(H,29,30). The summed E-state index contributed by atoms with van der Waals surface area (Å²) in [4.78, 5) is 11.3. The molecule has 0 aliphatic heterocycles. The van der Waals surface area contributed by atoms with E-state index in [1.54, 1.807) is 36.4 Å². The summed E-state index contributed by atoms with van der Waals surface area (Å²) in [5, 5.41) is 9.91. The maximum Gasteiger partial charge on any atom is 0.335 e. The number of carboxylic acids is 1. The summed E-state index contributed by atoms with van der Waals surface area (Å²) in [6.45, 7) is 0.332. The van der Waals surface area contributed by atoms with Crippen LogP contribution in [0.5, 0.6) is 5.75 Å². The first kappa shape index (κ1) is 21.1. The van der Waals surface area contributed by atoms with Gasteiger partial charge < -0.3 is 9.84 Å². The topological polar surface area (TPSA) is 46.5 Å². The fourth-order valence-electron chi connectivity index (χ4n) is 3.99. The Labute approximate surface area is 185 Å². The molecule has 5 heteroatoms. The molecule has 1 aliphatic carbocycles. The van der Waals surface area contributed by atoms with Crippen LogP contribution >= 0.6 is 11.6 Å². The van der Waals surface area contributed by atoms with Gasteiger partial charge in [0.1, 0.15) is 18.2 Å². The molecule has 0 amide bonds. The minimum Gasteiger partial charge on any atom is -0.488 e. The van der Waals surface area contributed by atoms with Crippen LogP contribution in [-0.4, -0.2) is 11.1 Å². The lowest BCUT2D eigenvalue weighted by atomic mass is 9.96.